The van der Waals surface area contributed by atoms with Crippen LogP contribution < -0.4 is 0 Å². The second-order valence-electron chi connectivity index (χ2n) is 10.6. The Labute approximate surface area is 203 Å². The van der Waals surface area contributed by atoms with E-state index >= 15 is 0 Å². The zero-order valence-electron chi connectivity index (χ0n) is 21.3. The van der Waals surface area contributed by atoms with E-state index in [0.29, 0.717) is 11.1 Å². The third-order valence-electron chi connectivity index (χ3n) is 6.10. The highest BCUT2D eigenvalue weighted by molar-refractivity contribution is 6.00. The number of carbonyl (C=O) groups excluding carboxylic acids is 2. The Morgan fingerprint density at radius 2 is 0.941 bits per heavy atom. The minimum atomic E-state index is -0.996. The van der Waals surface area contributed by atoms with Crippen molar-refractivity contribution in [3.63, 3.8) is 0 Å². The first-order valence-corrected chi connectivity index (χ1v) is 11.7. The number of ketones is 2. The molecule has 0 aliphatic heterocycles. The molecule has 0 fully saturated rings. The lowest BCUT2D eigenvalue weighted by molar-refractivity contribution is 0.0794. The zero-order valence-corrected chi connectivity index (χ0v) is 21.3. The maximum absolute atomic E-state index is 13.1. The molecule has 0 amide bonds. The highest BCUT2D eigenvalue weighted by Crippen LogP contribution is 2.24. The summed E-state index contributed by atoms with van der Waals surface area (Å²) in [6, 6.07) is 14.8. The van der Waals surface area contributed by atoms with Crippen LogP contribution in [-0.2, 0) is 13.1 Å². The van der Waals surface area contributed by atoms with Gasteiger partial charge in [0, 0.05) is 37.3 Å². The van der Waals surface area contributed by atoms with Gasteiger partial charge in [0.05, 0.1) is 10.8 Å². The van der Waals surface area contributed by atoms with Crippen molar-refractivity contribution in [3.8, 4) is 0 Å². The van der Waals surface area contributed by atoms with Crippen molar-refractivity contribution >= 4 is 11.6 Å². The summed E-state index contributed by atoms with van der Waals surface area (Å²) in [5, 5.41) is 0. The Hall–Kier alpha value is -2.44. The fourth-order valence-corrected chi connectivity index (χ4v) is 3.55. The average molecular weight is 473 g/mol. The lowest BCUT2D eigenvalue weighted by Gasteiger charge is -2.23. The van der Waals surface area contributed by atoms with E-state index in [2.05, 4.69) is 9.80 Å². The normalized spacial score (nSPS) is 12.4. The molecule has 6 heteroatoms. The van der Waals surface area contributed by atoms with E-state index in [4.69, 9.17) is 0 Å². The first-order valence-electron chi connectivity index (χ1n) is 11.7. The maximum Gasteiger partial charge on any atom is 0.171 e. The molecule has 2 aromatic rings. The molecule has 0 unspecified atom stereocenters. The third-order valence-corrected chi connectivity index (χ3v) is 6.10. The van der Waals surface area contributed by atoms with Gasteiger partial charge in [0.15, 0.2) is 11.6 Å². The molecule has 186 valence electrons. The predicted octanol–water partition coefficient (Wildman–Crippen LogP) is 5.61. The minimum Gasteiger partial charge on any atom is -0.301 e. The second kappa shape index (κ2) is 11.8. The van der Waals surface area contributed by atoms with Crippen molar-refractivity contribution < 1.29 is 18.4 Å². The van der Waals surface area contributed by atoms with Gasteiger partial charge < -0.3 is 9.80 Å². The van der Waals surface area contributed by atoms with Gasteiger partial charge in [0.1, 0.15) is 13.3 Å². The standard InChI is InChI=1S/C28H38F2N2O2/c1-27(2,19-29)25(33)23-11-7-21(8-12-23)17-31(5)15-16-32(6)18-22-9-13-24(14-10-22)26(34)28(3,4)20-30/h7-14H,15-20H2,1-6H3. The summed E-state index contributed by atoms with van der Waals surface area (Å²) in [7, 11) is 4.10. The molecule has 2 aromatic carbocycles. The number of hydrogen-bond acceptors (Lipinski definition) is 4. The summed E-state index contributed by atoms with van der Waals surface area (Å²) in [4.78, 5) is 29.2. The van der Waals surface area contributed by atoms with Crippen LogP contribution in [0.3, 0.4) is 0 Å². The van der Waals surface area contributed by atoms with Gasteiger partial charge >= 0.3 is 0 Å². The fraction of sp³-hybridized carbons (Fsp3) is 0.500. The largest absolute Gasteiger partial charge is 0.301 e. The molecule has 4 nitrogen and oxygen atoms in total. The van der Waals surface area contributed by atoms with Crippen LogP contribution in [0.5, 0.6) is 0 Å². The molecule has 34 heavy (non-hydrogen) atoms. The zero-order chi connectivity index (χ0) is 25.5. The van der Waals surface area contributed by atoms with E-state index in [1.54, 1.807) is 52.0 Å². The first-order chi connectivity index (χ1) is 15.9. The number of nitrogens with zero attached hydrogens (tertiary/aromatic N) is 2. The van der Waals surface area contributed by atoms with Crippen LogP contribution in [0.4, 0.5) is 8.78 Å². The van der Waals surface area contributed by atoms with Crippen molar-refractivity contribution in [2.24, 2.45) is 10.8 Å². The van der Waals surface area contributed by atoms with E-state index in [-0.39, 0.29) is 11.6 Å². The molecule has 0 aliphatic rings. The van der Waals surface area contributed by atoms with Gasteiger partial charge in [-0.1, -0.05) is 76.2 Å². The molecule has 0 saturated heterocycles. The predicted molar refractivity (Wildman–Crippen MR) is 134 cm³/mol. The molecule has 0 spiro atoms. The van der Waals surface area contributed by atoms with E-state index in [0.717, 1.165) is 37.3 Å². The molecule has 0 aliphatic carbocycles. The number of Topliss-reactive ketones (excluding diaryl/α,β-unsaturated/α-hetero) is 2. The number of likely N-dealkylation sites (N-methyl/N-ethyl adjacent to an activating group) is 2. The summed E-state index contributed by atoms with van der Waals surface area (Å²) in [6.07, 6.45) is 0. The van der Waals surface area contributed by atoms with Gasteiger partial charge in [-0.2, -0.15) is 0 Å². The molecule has 0 atom stereocenters. The summed E-state index contributed by atoms with van der Waals surface area (Å²) in [5.74, 6) is -0.361. The average Bonchev–Trinajstić information content (AvgIpc) is 2.82. The number of halogens is 2. The van der Waals surface area contributed by atoms with Crippen LogP contribution in [0.25, 0.3) is 0 Å². The van der Waals surface area contributed by atoms with Gasteiger partial charge in [-0.3, -0.25) is 18.4 Å². The van der Waals surface area contributed by atoms with Crippen LogP contribution in [0.15, 0.2) is 48.5 Å². The number of carbonyl (C=O) groups is 2. The van der Waals surface area contributed by atoms with E-state index < -0.39 is 24.2 Å². The SMILES string of the molecule is CN(CCN(C)Cc1ccc(C(=O)C(C)(C)CF)cc1)Cc1ccc(C(=O)C(C)(C)CF)cc1. The van der Waals surface area contributed by atoms with Crippen LogP contribution in [-0.4, -0.2) is 61.9 Å². The summed E-state index contributed by atoms with van der Waals surface area (Å²) in [5.41, 5.74) is 1.27. The molecule has 0 N–H and O–H groups in total. The van der Waals surface area contributed by atoms with Crippen molar-refractivity contribution in [1.82, 2.24) is 9.80 Å². The third kappa shape index (κ3) is 7.54. The maximum atomic E-state index is 13.1. The topological polar surface area (TPSA) is 40.6 Å². The molecule has 0 bridgehead atoms. The molecular weight excluding hydrogens is 434 g/mol. The smallest absolute Gasteiger partial charge is 0.171 e. The second-order valence-corrected chi connectivity index (χ2v) is 10.6. The number of alkyl halides is 2. The van der Waals surface area contributed by atoms with Gasteiger partial charge in [-0.25, -0.2) is 0 Å². The van der Waals surface area contributed by atoms with E-state index in [1.807, 2.05) is 38.4 Å². The highest BCUT2D eigenvalue weighted by atomic mass is 19.1. The minimum absolute atomic E-state index is 0.181. The van der Waals surface area contributed by atoms with Gasteiger partial charge in [-0.05, 0) is 25.2 Å². The van der Waals surface area contributed by atoms with Gasteiger partial charge in [0.25, 0.3) is 0 Å². The van der Waals surface area contributed by atoms with Crippen molar-refractivity contribution in [2.45, 2.75) is 40.8 Å². The summed E-state index contributed by atoms with van der Waals surface area (Å²) >= 11 is 0. The Balaban J connectivity index is 1.83. The lowest BCUT2D eigenvalue weighted by Crippen LogP contribution is -2.30. The lowest BCUT2D eigenvalue weighted by atomic mass is 9.85. The molecular formula is C28H38F2N2O2. The number of rotatable bonds is 13. The number of hydrogen-bond donors (Lipinski definition) is 0. The Bertz CT molecular complexity index is 874. The van der Waals surface area contributed by atoms with E-state index in [9.17, 15) is 18.4 Å². The Morgan fingerprint density at radius 3 is 1.21 bits per heavy atom. The van der Waals surface area contributed by atoms with Gasteiger partial charge in [-0.15, -0.1) is 0 Å². The fourth-order valence-electron chi connectivity index (χ4n) is 3.55. The first kappa shape index (κ1) is 27.8. The molecule has 0 aromatic heterocycles. The molecule has 0 heterocycles. The number of benzene rings is 2. The molecule has 0 radical (unpaired) electrons. The molecule has 2 rings (SSSR count). The van der Waals surface area contributed by atoms with Crippen molar-refractivity contribution in [1.29, 1.82) is 0 Å². The van der Waals surface area contributed by atoms with Crippen LogP contribution in [0.2, 0.25) is 0 Å². The van der Waals surface area contributed by atoms with Crippen molar-refractivity contribution in [3.05, 3.63) is 70.8 Å². The quantitative estimate of drug-likeness (QED) is 0.356. The Kier molecular flexibility index (Phi) is 9.65. The summed E-state index contributed by atoms with van der Waals surface area (Å²) < 4.78 is 26.2. The monoisotopic (exact) mass is 472 g/mol. The molecule has 0 saturated carbocycles. The highest BCUT2D eigenvalue weighted by Gasteiger charge is 2.29. The van der Waals surface area contributed by atoms with Crippen LogP contribution in [0.1, 0.15) is 59.5 Å². The summed E-state index contributed by atoms with van der Waals surface area (Å²) in [6.45, 7) is 8.33. The van der Waals surface area contributed by atoms with E-state index in [1.165, 1.54) is 0 Å². The Morgan fingerprint density at radius 1 is 0.647 bits per heavy atom. The van der Waals surface area contributed by atoms with Crippen LogP contribution >= 0.6 is 0 Å². The van der Waals surface area contributed by atoms with Gasteiger partial charge in [0.2, 0.25) is 0 Å². The van der Waals surface area contributed by atoms with Crippen LogP contribution in [0, 0.1) is 10.8 Å². The van der Waals surface area contributed by atoms with Crippen molar-refractivity contribution in [2.75, 3.05) is 40.5 Å².